The third kappa shape index (κ3) is 3.20. The van der Waals surface area contributed by atoms with Crippen molar-refractivity contribution in [3.8, 4) is 0 Å². The van der Waals surface area contributed by atoms with Gasteiger partial charge in [-0.05, 0) is 12.5 Å². The highest BCUT2D eigenvalue weighted by Gasteiger charge is 2.02. The van der Waals surface area contributed by atoms with Crippen molar-refractivity contribution in [3.63, 3.8) is 0 Å². The quantitative estimate of drug-likeness (QED) is 0.667. The van der Waals surface area contributed by atoms with Gasteiger partial charge in [-0.3, -0.25) is 0 Å². The van der Waals surface area contributed by atoms with E-state index in [2.05, 4.69) is 13.2 Å². The van der Waals surface area contributed by atoms with Gasteiger partial charge in [0.05, 0.1) is 0 Å². The van der Waals surface area contributed by atoms with Crippen LogP contribution in [0.25, 0.3) is 0 Å². The van der Waals surface area contributed by atoms with E-state index in [1.165, 1.54) is 0 Å². The third-order valence-electron chi connectivity index (χ3n) is 1.68. The van der Waals surface area contributed by atoms with E-state index in [1.54, 1.807) is 6.08 Å². The molecule has 0 amide bonds. The Bertz CT molecular complexity index is 257. The highest BCUT2D eigenvalue weighted by Crippen LogP contribution is 2.13. The SMILES string of the molecule is C=C/C(C(=C)/C=C\C)=C(/N)N(C)C. The Morgan fingerprint density at radius 3 is 2.23 bits per heavy atom. The Hall–Kier alpha value is -1.44. The van der Waals surface area contributed by atoms with Crippen LogP contribution in [0.15, 0.2) is 48.4 Å². The van der Waals surface area contributed by atoms with E-state index in [0.29, 0.717) is 5.82 Å². The molecular weight excluding hydrogens is 160 g/mol. The summed E-state index contributed by atoms with van der Waals surface area (Å²) in [7, 11) is 3.78. The molecule has 0 aromatic carbocycles. The molecule has 0 atom stereocenters. The van der Waals surface area contributed by atoms with E-state index in [4.69, 9.17) is 5.73 Å². The number of allylic oxidation sites excluding steroid dienone is 5. The lowest BCUT2D eigenvalue weighted by Gasteiger charge is -2.16. The molecule has 2 heteroatoms. The Labute approximate surface area is 80.7 Å². The molecule has 0 saturated heterocycles. The second-order valence-corrected chi connectivity index (χ2v) is 2.92. The van der Waals surface area contributed by atoms with Crippen LogP contribution in [0.5, 0.6) is 0 Å². The Morgan fingerprint density at radius 1 is 1.38 bits per heavy atom. The van der Waals surface area contributed by atoms with Gasteiger partial charge < -0.3 is 10.6 Å². The third-order valence-corrected chi connectivity index (χ3v) is 1.68. The first kappa shape index (κ1) is 11.6. The molecule has 0 bridgehead atoms. The number of rotatable bonds is 4. The first-order valence-electron chi connectivity index (χ1n) is 4.16. The molecule has 72 valence electrons. The van der Waals surface area contributed by atoms with Crippen molar-refractivity contribution in [2.45, 2.75) is 6.92 Å². The Morgan fingerprint density at radius 2 is 1.92 bits per heavy atom. The molecule has 0 radical (unpaired) electrons. The summed E-state index contributed by atoms with van der Waals surface area (Å²) >= 11 is 0. The van der Waals surface area contributed by atoms with E-state index in [9.17, 15) is 0 Å². The van der Waals surface area contributed by atoms with Crippen LogP contribution in [-0.2, 0) is 0 Å². The molecule has 0 spiro atoms. The largest absolute Gasteiger partial charge is 0.385 e. The summed E-state index contributed by atoms with van der Waals surface area (Å²) in [4.78, 5) is 1.84. The van der Waals surface area contributed by atoms with Crippen LogP contribution in [0, 0.1) is 0 Å². The summed E-state index contributed by atoms with van der Waals surface area (Å²) < 4.78 is 0. The van der Waals surface area contributed by atoms with Gasteiger partial charge in [-0.2, -0.15) is 0 Å². The molecule has 0 heterocycles. The molecule has 2 nitrogen and oxygen atoms in total. The van der Waals surface area contributed by atoms with Gasteiger partial charge in [0.2, 0.25) is 0 Å². The minimum absolute atomic E-state index is 0.679. The first-order valence-corrected chi connectivity index (χ1v) is 4.16. The molecule has 0 aromatic heterocycles. The zero-order valence-electron chi connectivity index (χ0n) is 8.67. The average molecular weight is 178 g/mol. The summed E-state index contributed by atoms with van der Waals surface area (Å²) in [5.41, 5.74) is 7.60. The van der Waals surface area contributed by atoms with Gasteiger partial charge >= 0.3 is 0 Å². The van der Waals surface area contributed by atoms with Gasteiger partial charge in [0.1, 0.15) is 5.82 Å². The molecule has 0 saturated carbocycles. The molecule has 2 N–H and O–H groups in total. The van der Waals surface area contributed by atoms with Crippen LogP contribution in [0.1, 0.15) is 6.92 Å². The van der Waals surface area contributed by atoms with Crippen LogP contribution >= 0.6 is 0 Å². The highest BCUT2D eigenvalue weighted by molar-refractivity contribution is 5.45. The standard InChI is InChI=1S/C11H18N2/c1-6-8-9(3)10(7-2)11(12)13(4)5/h6-8H,2-3,12H2,1,4-5H3/b8-6-,11-10+. The van der Waals surface area contributed by atoms with E-state index < -0.39 is 0 Å². The van der Waals surface area contributed by atoms with Gasteiger partial charge in [0.15, 0.2) is 0 Å². The van der Waals surface area contributed by atoms with Crippen molar-refractivity contribution < 1.29 is 0 Å². The number of hydrogen-bond acceptors (Lipinski definition) is 2. The highest BCUT2D eigenvalue weighted by atomic mass is 15.1. The molecular formula is C11H18N2. The van der Waals surface area contributed by atoms with Crippen molar-refractivity contribution in [2.75, 3.05) is 14.1 Å². The summed E-state index contributed by atoms with van der Waals surface area (Å²) in [6.07, 6.45) is 5.56. The molecule has 0 aromatic rings. The summed E-state index contributed by atoms with van der Waals surface area (Å²) in [5, 5.41) is 0. The zero-order valence-corrected chi connectivity index (χ0v) is 8.67. The van der Waals surface area contributed by atoms with Gasteiger partial charge in [-0.25, -0.2) is 0 Å². The van der Waals surface area contributed by atoms with E-state index in [0.717, 1.165) is 11.1 Å². The van der Waals surface area contributed by atoms with E-state index >= 15 is 0 Å². The summed E-state index contributed by atoms with van der Waals surface area (Å²) in [5.74, 6) is 0.679. The van der Waals surface area contributed by atoms with Gasteiger partial charge in [-0.1, -0.05) is 31.4 Å². The topological polar surface area (TPSA) is 29.3 Å². The maximum atomic E-state index is 5.84. The number of nitrogens with two attached hydrogens (primary N) is 1. The van der Waals surface area contributed by atoms with Crippen molar-refractivity contribution >= 4 is 0 Å². The van der Waals surface area contributed by atoms with Crippen LogP contribution in [-0.4, -0.2) is 19.0 Å². The Balaban J connectivity index is 4.99. The predicted molar refractivity (Wildman–Crippen MR) is 59.1 cm³/mol. The molecule has 0 unspecified atom stereocenters. The van der Waals surface area contributed by atoms with E-state index in [-0.39, 0.29) is 0 Å². The van der Waals surface area contributed by atoms with Crippen LogP contribution in [0.3, 0.4) is 0 Å². The summed E-state index contributed by atoms with van der Waals surface area (Å²) in [6.45, 7) is 9.55. The monoisotopic (exact) mass is 178 g/mol. The lowest BCUT2D eigenvalue weighted by atomic mass is 10.1. The van der Waals surface area contributed by atoms with Crippen molar-refractivity contribution in [3.05, 3.63) is 48.4 Å². The first-order chi connectivity index (χ1) is 6.04. The average Bonchev–Trinajstić information content (AvgIpc) is 2.05. The van der Waals surface area contributed by atoms with Crippen molar-refractivity contribution in [1.29, 1.82) is 0 Å². The lowest BCUT2D eigenvalue weighted by Crippen LogP contribution is -2.20. The fourth-order valence-corrected chi connectivity index (χ4v) is 0.932. The minimum Gasteiger partial charge on any atom is -0.385 e. The summed E-state index contributed by atoms with van der Waals surface area (Å²) in [6, 6.07) is 0. The van der Waals surface area contributed by atoms with Gasteiger partial charge in [-0.15, -0.1) is 0 Å². The van der Waals surface area contributed by atoms with Crippen molar-refractivity contribution in [2.24, 2.45) is 5.73 Å². The van der Waals surface area contributed by atoms with E-state index in [1.807, 2.05) is 38.1 Å². The second kappa shape index (κ2) is 5.25. The fourth-order valence-electron chi connectivity index (χ4n) is 0.932. The van der Waals surface area contributed by atoms with Gasteiger partial charge in [0, 0.05) is 19.7 Å². The smallest absolute Gasteiger partial charge is 0.106 e. The molecule has 0 aliphatic rings. The molecule has 0 aliphatic carbocycles. The van der Waals surface area contributed by atoms with Crippen LogP contribution in [0.4, 0.5) is 0 Å². The number of hydrogen-bond donors (Lipinski definition) is 1. The minimum atomic E-state index is 0.679. The van der Waals surface area contributed by atoms with Crippen LogP contribution in [0.2, 0.25) is 0 Å². The molecule has 0 fully saturated rings. The van der Waals surface area contributed by atoms with Crippen molar-refractivity contribution in [1.82, 2.24) is 4.90 Å². The van der Waals surface area contributed by atoms with Crippen LogP contribution < -0.4 is 5.73 Å². The molecule has 0 rings (SSSR count). The second-order valence-electron chi connectivity index (χ2n) is 2.92. The number of nitrogens with zero attached hydrogens (tertiary/aromatic N) is 1. The Kier molecular flexibility index (Phi) is 4.67. The maximum Gasteiger partial charge on any atom is 0.106 e. The van der Waals surface area contributed by atoms with Gasteiger partial charge in [0.25, 0.3) is 0 Å². The molecule has 13 heavy (non-hydrogen) atoms. The predicted octanol–water partition coefficient (Wildman–Crippen LogP) is 2.04. The maximum absolute atomic E-state index is 5.84. The normalized spacial score (nSPS) is 12.5. The lowest BCUT2D eigenvalue weighted by molar-refractivity contribution is 0.502. The molecule has 0 aliphatic heterocycles. The fraction of sp³-hybridized carbons (Fsp3) is 0.273. The zero-order chi connectivity index (χ0) is 10.4.